The first-order valence-corrected chi connectivity index (χ1v) is 10.3. The van der Waals surface area contributed by atoms with Crippen LogP contribution in [0.1, 0.15) is 42.7 Å². The van der Waals surface area contributed by atoms with Crippen LogP contribution in [0, 0.1) is 22.7 Å². The van der Waals surface area contributed by atoms with E-state index in [0.717, 1.165) is 17.8 Å². The Kier molecular flexibility index (Phi) is 4.95. The monoisotopic (exact) mass is 378 g/mol. The lowest BCUT2D eigenvalue weighted by Gasteiger charge is -2.28. The van der Waals surface area contributed by atoms with Crippen molar-refractivity contribution in [1.29, 1.82) is 10.7 Å². The van der Waals surface area contributed by atoms with Crippen LogP contribution in [0.25, 0.3) is 16.8 Å². The second kappa shape index (κ2) is 7.53. The van der Waals surface area contributed by atoms with Gasteiger partial charge in [-0.15, -0.1) is 11.3 Å². The third kappa shape index (κ3) is 3.60. The Morgan fingerprint density at radius 3 is 2.67 bits per heavy atom. The fourth-order valence-electron chi connectivity index (χ4n) is 3.93. The van der Waals surface area contributed by atoms with Crippen molar-refractivity contribution in [2.75, 3.05) is 13.1 Å². The molecule has 6 heteroatoms. The maximum atomic E-state index is 10.5. The highest BCUT2D eigenvalue weighted by atomic mass is 32.1. The normalized spacial score (nSPS) is 18.2. The number of nitriles is 1. The molecule has 1 aromatic carbocycles. The second-order valence-corrected chi connectivity index (χ2v) is 8.14. The minimum atomic E-state index is 0.247. The number of nitrogens with zero attached hydrogens (tertiary/aromatic N) is 3. The van der Waals surface area contributed by atoms with Gasteiger partial charge >= 0.3 is 0 Å². The number of aromatic nitrogens is 1. The number of aliphatic hydroxyl groups is 1. The Labute approximate surface area is 163 Å². The summed E-state index contributed by atoms with van der Waals surface area (Å²) >= 11 is 1.45. The number of hydrogen-bond acceptors (Lipinski definition) is 5. The molecular weight excluding hydrogens is 356 g/mol. The van der Waals surface area contributed by atoms with Gasteiger partial charge < -0.3 is 10.0 Å². The van der Waals surface area contributed by atoms with Crippen molar-refractivity contribution < 1.29 is 5.11 Å². The molecule has 0 spiro atoms. The number of amidine groups is 1. The number of aliphatic hydroxyl groups excluding tert-OH is 1. The predicted molar refractivity (Wildman–Crippen MR) is 108 cm³/mol. The largest absolute Gasteiger partial charge is 0.510 e. The zero-order valence-electron chi connectivity index (χ0n) is 15.1. The summed E-state index contributed by atoms with van der Waals surface area (Å²) in [5, 5.41) is 30.6. The SMILES string of the molecule is N#Cc1ccc(-c2csc(C3=C(O)CN(CC4CCCCC4)C3=N)n2)cc1. The van der Waals surface area contributed by atoms with Gasteiger partial charge in [-0.25, -0.2) is 4.98 Å². The van der Waals surface area contributed by atoms with E-state index in [2.05, 4.69) is 11.1 Å². The zero-order chi connectivity index (χ0) is 18.8. The fourth-order valence-corrected chi connectivity index (χ4v) is 4.83. The van der Waals surface area contributed by atoms with E-state index in [1.807, 2.05) is 22.4 Å². The maximum absolute atomic E-state index is 10.5. The van der Waals surface area contributed by atoms with E-state index in [1.54, 1.807) is 12.1 Å². The smallest absolute Gasteiger partial charge is 0.135 e. The maximum Gasteiger partial charge on any atom is 0.135 e. The second-order valence-electron chi connectivity index (χ2n) is 7.28. The third-order valence-electron chi connectivity index (χ3n) is 5.41. The molecule has 1 aliphatic heterocycles. The molecule has 2 N–H and O–H groups in total. The van der Waals surface area contributed by atoms with Gasteiger partial charge in [-0.3, -0.25) is 5.41 Å². The van der Waals surface area contributed by atoms with Gasteiger partial charge in [0.15, 0.2) is 0 Å². The van der Waals surface area contributed by atoms with Gasteiger partial charge in [-0.05, 0) is 30.9 Å². The quantitative estimate of drug-likeness (QED) is 0.798. The van der Waals surface area contributed by atoms with Crippen molar-refractivity contribution in [3.63, 3.8) is 0 Å². The molecule has 0 atom stereocenters. The van der Waals surface area contributed by atoms with E-state index in [4.69, 9.17) is 10.7 Å². The minimum absolute atomic E-state index is 0.247. The summed E-state index contributed by atoms with van der Waals surface area (Å²) in [5.74, 6) is 1.26. The van der Waals surface area contributed by atoms with Crippen LogP contribution in [-0.2, 0) is 0 Å². The molecule has 138 valence electrons. The average molecular weight is 379 g/mol. The van der Waals surface area contributed by atoms with Gasteiger partial charge in [0.25, 0.3) is 0 Å². The summed E-state index contributed by atoms with van der Waals surface area (Å²) in [6.45, 7) is 1.26. The zero-order valence-corrected chi connectivity index (χ0v) is 15.9. The van der Waals surface area contributed by atoms with Crippen molar-refractivity contribution in [1.82, 2.24) is 9.88 Å². The van der Waals surface area contributed by atoms with Gasteiger partial charge in [-0.2, -0.15) is 5.26 Å². The molecule has 2 aliphatic rings. The van der Waals surface area contributed by atoms with Gasteiger partial charge in [0.2, 0.25) is 0 Å². The highest BCUT2D eigenvalue weighted by molar-refractivity contribution is 7.11. The van der Waals surface area contributed by atoms with E-state index < -0.39 is 0 Å². The minimum Gasteiger partial charge on any atom is -0.510 e. The molecule has 1 aliphatic carbocycles. The first-order chi connectivity index (χ1) is 13.2. The molecule has 1 fully saturated rings. The van der Waals surface area contributed by atoms with Crippen LogP contribution in [0.2, 0.25) is 0 Å². The summed E-state index contributed by atoms with van der Waals surface area (Å²) < 4.78 is 0. The van der Waals surface area contributed by atoms with Gasteiger partial charge in [0.1, 0.15) is 16.6 Å². The van der Waals surface area contributed by atoms with Crippen molar-refractivity contribution in [3.05, 3.63) is 46.0 Å². The number of rotatable bonds is 4. The Bertz CT molecular complexity index is 916. The molecular formula is C21H22N4OS. The predicted octanol–water partition coefficient (Wildman–Crippen LogP) is 4.82. The molecule has 0 amide bonds. The van der Waals surface area contributed by atoms with Crippen molar-refractivity contribution in [3.8, 4) is 17.3 Å². The molecule has 2 aromatic rings. The molecule has 5 nitrogen and oxygen atoms in total. The van der Waals surface area contributed by atoms with E-state index in [0.29, 0.717) is 34.4 Å². The molecule has 0 bridgehead atoms. The van der Waals surface area contributed by atoms with Crippen LogP contribution in [0.15, 0.2) is 35.4 Å². The molecule has 0 saturated heterocycles. The Morgan fingerprint density at radius 1 is 1.22 bits per heavy atom. The van der Waals surface area contributed by atoms with Crippen LogP contribution in [0.4, 0.5) is 0 Å². The Hall–Kier alpha value is -2.65. The lowest BCUT2D eigenvalue weighted by Crippen LogP contribution is -2.32. The van der Waals surface area contributed by atoms with Gasteiger partial charge in [-0.1, -0.05) is 31.4 Å². The summed E-state index contributed by atoms with van der Waals surface area (Å²) in [4.78, 5) is 6.64. The Morgan fingerprint density at radius 2 is 1.96 bits per heavy atom. The van der Waals surface area contributed by atoms with E-state index in [9.17, 15) is 5.11 Å². The molecule has 0 unspecified atom stereocenters. The number of thiazole rings is 1. The van der Waals surface area contributed by atoms with Crippen LogP contribution in [0.3, 0.4) is 0 Å². The summed E-state index contributed by atoms with van der Waals surface area (Å²) in [6.07, 6.45) is 6.32. The van der Waals surface area contributed by atoms with Crippen molar-refractivity contribution >= 4 is 22.7 Å². The summed E-state index contributed by atoms with van der Waals surface area (Å²) in [5.41, 5.74) is 2.92. The molecule has 4 rings (SSSR count). The number of nitrogens with one attached hydrogen (secondary N) is 1. The number of benzene rings is 1. The Balaban J connectivity index is 1.51. The van der Waals surface area contributed by atoms with Crippen LogP contribution in [0.5, 0.6) is 0 Å². The molecule has 1 aromatic heterocycles. The summed E-state index contributed by atoms with van der Waals surface area (Å²) in [7, 11) is 0. The van der Waals surface area contributed by atoms with Crippen LogP contribution >= 0.6 is 11.3 Å². The summed E-state index contributed by atoms with van der Waals surface area (Å²) in [6, 6.07) is 9.41. The standard InChI is InChI=1S/C21H22N4OS/c22-10-14-6-8-16(9-7-14)17-13-27-21(24-17)19-18(26)12-25(20(19)23)11-15-4-2-1-3-5-15/h6-9,13,15,23,26H,1-5,11-12H2. The van der Waals surface area contributed by atoms with Crippen LogP contribution < -0.4 is 0 Å². The van der Waals surface area contributed by atoms with Crippen molar-refractivity contribution in [2.24, 2.45) is 5.92 Å². The lowest BCUT2D eigenvalue weighted by molar-refractivity contribution is 0.268. The highest BCUT2D eigenvalue weighted by Gasteiger charge is 2.31. The lowest BCUT2D eigenvalue weighted by atomic mass is 9.89. The first-order valence-electron chi connectivity index (χ1n) is 9.38. The van der Waals surface area contributed by atoms with Gasteiger partial charge in [0, 0.05) is 17.5 Å². The van der Waals surface area contributed by atoms with E-state index in [-0.39, 0.29) is 5.76 Å². The van der Waals surface area contributed by atoms with Crippen LogP contribution in [-0.4, -0.2) is 33.9 Å². The van der Waals surface area contributed by atoms with E-state index in [1.165, 1.54) is 43.4 Å². The first kappa shape index (κ1) is 17.7. The fraction of sp³-hybridized carbons (Fsp3) is 0.381. The highest BCUT2D eigenvalue weighted by Crippen LogP contribution is 2.34. The van der Waals surface area contributed by atoms with E-state index >= 15 is 0 Å². The molecule has 0 radical (unpaired) electrons. The molecule has 1 saturated carbocycles. The molecule has 2 heterocycles. The average Bonchev–Trinajstić information content (AvgIpc) is 3.27. The van der Waals surface area contributed by atoms with Crippen molar-refractivity contribution in [2.45, 2.75) is 32.1 Å². The molecule has 27 heavy (non-hydrogen) atoms. The third-order valence-corrected chi connectivity index (χ3v) is 6.27. The topological polar surface area (TPSA) is 84.0 Å². The number of hydrogen-bond donors (Lipinski definition) is 2. The van der Waals surface area contributed by atoms with Gasteiger partial charge in [0.05, 0.1) is 29.4 Å².